The Bertz CT molecular complexity index is 1040. The van der Waals surface area contributed by atoms with Gasteiger partial charge in [-0.05, 0) is 43.4 Å². The monoisotopic (exact) mass is 405 g/mol. The lowest BCUT2D eigenvalue weighted by atomic mass is 9.70. The highest BCUT2D eigenvalue weighted by atomic mass is 19.1. The first-order chi connectivity index (χ1) is 14.6. The number of hydrogen-bond donors (Lipinski definition) is 0. The van der Waals surface area contributed by atoms with Gasteiger partial charge in [-0.2, -0.15) is 10.4 Å². The lowest BCUT2D eigenvalue weighted by Crippen LogP contribution is -2.36. The normalized spacial score (nSPS) is 28.8. The SMILES string of the molecule is N#Cc1ccc(OCC23CC(C2)[C@@H](C(=O)N2N=CCC2c2ncccc2F)C3)nc1. The molecule has 0 spiro atoms. The van der Waals surface area contributed by atoms with Crippen LogP contribution in [0.2, 0.25) is 0 Å². The summed E-state index contributed by atoms with van der Waals surface area (Å²) in [4.78, 5) is 21.5. The lowest BCUT2D eigenvalue weighted by molar-refractivity contribution is -0.138. The second kappa shape index (κ2) is 7.17. The van der Waals surface area contributed by atoms with Gasteiger partial charge >= 0.3 is 0 Å². The second-order valence-electron chi connectivity index (χ2n) is 8.37. The molecule has 0 N–H and O–H groups in total. The Labute approximate surface area is 173 Å². The topological polar surface area (TPSA) is 91.5 Å². The van der Waals surface area contributed by atoms with Gasteiger partial charge in [-0.1, -0.05) is 0 Å². The minimum absolute atomic E-state index is 0.0320. The van der Waals surface area contributed by atoms with Crippen molar-refractivity contribution in [3.8, 4) is 11.9 Å². The maximum Gasteiger partial charge on any atom is 0.246 e. The molecule has 3 fully saturated rings. The number of aromatic nitrogens is 2. The fourth-order valence-corrected chi connectivity index (χ4v) is 5.03. The molecular formula is C22H20FN5O2. The minimum Gasteiger partial charge on any atom is -0.477 e. The number of pyridine rings is 2. The van der Waals surface area contributed by atoms with Gasteiger partial charge in [0.25, 0.3) is 0 Å². The molecule has 0 saturated heterocycles. The molecule has 2 aromatic rings. The number of rotatable bonds is 5. The Balaban J connectivity index is 1.24. The predicted molar refractivity (Wildman–Crippen MR) is 105 cm³/mol. The third-order valence-corrected chi connectivity index (χ3v) is 6.48. The molecule has 6 rings (SSSR count). The number of nitrogens with zero attached hydrogens (tertiary/aromatic N) is 5. The van der Waals surface area contributed by atoms with E-state index in [-0.39, 0.29) is 22.9 Å². The van der Waals surface area contributed by atoms with Crippen molar-refractivity contribution in [3.63, 3.8) is 0 Å². The summed E-state index contributed by atoms with van der Waals surface area (Å²) in [6.07, 6.45) is 7.74. The van der Waals surface area contributed by atoms with Gasteiger partial charge < -0.3 is 4.74 Å². The number of hydrogen-bond acceptors (Lipinski definition) is 6. The number of hydrazone groups is 1. The predicted octanol–water partition coefficient (Wildman–Crippen LogP) is 3.24. The zero-order valence-electron chi connectivity index (χ0n) is 16.2. The van der Waals surface area contributed by atoms with Gasteiger partial charge in [0, 0.05) is 42.4 Å². The van der Waals surface area contributed by atoms with Crippen LogP contribution in [-0.4, -0.2) is 33.7 Å². The molecule has 0 aromatic carbocycles. The summed E-state index contributed by atoms with van der Waals surface area (Å²) >= 11 is 0. The highest BCUT2D eigenvalue weighted by molar-refractivity contribution is 5.83. The van der Waals surface area contributed by atoms with E-state index in [0.717, 1.165) is 19.3 Å². The van der Waals surface area contributed by atoms with Crippen LogP contribution < -0.4 is 4.74 Å². The second-order valence-corrected chi connectivity index (χ2v) is 8.37. The zero-order chi connectivity index (χ0) is 20.7. The van der Waals surface area contributed by atoms with E-state index in [1.54, 1.807) is 24.4 Å². The van der Waals surface area contributed by atoms with Crippen LogP contribution in [0.25, 0.3) is 0 Å². The summed E-state index contributed by atoms with van der Waals surface area (Å²) in [7, 11) is 0. The molecule has 0 radical (unpaired) electrons. The Morgan fingerprint density at radius 1 is 1.30 bits per heavy atom. The van der Waals surface area contributed by atoms with Gasteiger partial charge in [0.2, 0.25) is 11.8 Å². The first kappa shape index (κ1) is 18.7. The summed E-state index contributed by atoms with van der Waals surface area (Å²) in [5.41, 5.74) is 0.717. The minimum atomic E-state index is -0.480. The van der Waals surface area contributed by atoms with Crippen molar-refractivity contribution in [3.05, 3.63) is 53.7 Å². The maximum absolute atomic E-state index is 14.2. The molecule has 8 heteroatoms. The summed E-state index contributed by atoms with van der Waals surface area (Å²) < 4.78 is 20.1. The summed E-state index contributed by atoms with van der Waals surface area (Å²) in [6.45, 7) is 0.494. The van der Waals surface area contributed by atoms with Crippen LogP contribution in [0.15, 0.2) is 41.8 Å². The average Bonchev–Trinajstić information content (AvgIpc) is 3.46. The van der Waals surface area contributed by atoms with Crippen LogP contribution in [-0.2, 0) is 4.79 Å². The number of carbonyl (C=O) groups excluding carboxylic acids is 1. The van der Waals surface area contributed by atoms with Gasteiger partial charge in [-0.25, -0.2) is 14.4 Å². The van der Waals surface area contributed by atoms with Gasteiger partial charge in [-0.3, -0.25) is 9.78 Å². The molecule has 1 unspecified atom stereocenters. The van der Waals surface area contributed by atoms with E-state index in [9.17, 15) is 9.18 Å². The molecule has 3 heterocycles. The van der Waals surface area contributed by atoms with E-state index in [4.69, 9.17) is 10.00 Å². The molecule has 7 nitrogen and oxygen atoms in total. The van der Waals surface area contributed by atoms with Crippen molar-refractivity contribution in [2.24, 2.45) is 22.4 Å². The molecule has 2 atom stereocenters. The van der Waals surface area contributed by atoms with E-state index in [1.807, 2.05) is 6.07 Å². The van der Waals surface area contributed by atoms with E-state index >= 15 is 0 Å². The lowest BCUT2D eigenvalue weighted by Gasteiger charge is -2.38. The Morgan fingerprint density at radius 2 is 2.17 bits per heavy atom. The number of nitriles is 1. The molecule has 4 aliphatic rings. The van der Waals surface area contributed by atoms with Crippen molar-refractivity contribution in [1.29, 1.82) is 5.26 Å². The van der Waals surface area contributed by atoms with Crippen molar-refractivity contribution >= 4 is 12.1 Å². The average molecular weight is 405 g/mol. The van der Waals surface area contributed by atoms with Crippen LogP contribution in [0.3, 0.4) is 0 Å². The molecule has 2 aromatic heterocycles. The van der Waals surface area contributed by atoms with E-state index in [1.165, 1.54) is 23.5 Å². The molecule has 1 aliphatic heterocycles. The first-order valence-corrected chi connectivity index (χ1v) is 10.0. The molecule has 3 saturated carbocycles. The molecular weight excluding hydrogens is 385 g/mol. The third kappa shape index (κ3) is 3.11. The quantitative estimate of drug-likeness (QED) is 0.762. The highest BCUT2D eigenvalue weighted by Crippen LogP contribution is 2.62. The molecule has 3 aliphatic carbocycles. The first-order valence-electron chi connectivity index (χ1n) is 10.0. The van der Waals surface area contributed by atoms with Crippen molar-refractivity contribution < 1.29 is 13.9 Å². The fourth-order valence-electron chi connectivity index (χ4n) is 5.03. The van der Waals surface area contributed by atoms with E-state index < -0.39 is 11.9 Å². The largest absolute Gasteiger partial charge is 0.477 e. The van der Waals surface area contributed by atoms with Gasteiger partial charge in [-0.15, -0.1) is 0 Å². The number of halogens is 1. The third-order valence-electron chi connectivity index (χ3n) is 6.48. The van der Waals surface area contributed by atoms with Crippen molar-refractivity contribution in [1.82, 2.24) is 15.0 Å². The molecule has 30 heavy (non-hydrogen) atoms. The molecule has 1 amide bonds. The van der Waals surface area contributed by atoms with Gasteiger partial charge in [0.1, 0.15) is 23.6 Å². The summed E-state index contributed by atoms with van der Waals surface area (Å²) in [5.74, 6) is 0.185. The van der Waals surface area contributed by atoms with E-state index in [2.05, 4.69) is 15.1 Å². The Kier molecular flexibility index (Phi) is 4.46. The maximum atomic E-state index is 14.2. The van der Waals surface area contributed by atoms with Crippen LogP contribution in [0.1, 0.15) is 43.0 Å². The smallest absolute Gasteiger partial charge is 0.246 e. The Hall–Kier alpha value is -3.34. The Morgan fingerprint density at radius 3 is 2.90 bits per heavy atom. The van der Waals surface area contributed by atoms with Crippen LogP contribution in [0.4, 0.5) is 4.39 Å². The number of ether oxygens (including phenoxy) is 1. The van der Waals surface area contributed by atoms with Crippen LogP contribution in [0.5, 0.6) is 5.88 Å². The van der Waals surface area contributed by atoms with Gasteiger partial charge in [0.05, 0.1) is 12.2 Å². The fraction of sp³-hybridized carbons (Fsp3) is 0.409. The zero-order valence-corrected chi connectivity index (χ0v) is 16.2. The van der Waals surface area contributed by atoms with Crippen LogP contribution in [0, 0.1) is 34.4 Å². The van der Waals surface area contributed by atoms with Crippen molar-refractivity contribution in [2.75, 3.05) is 6.61 Å². The van der Waals surface area contributed by atoms with E-state index in [0.29, 0.717) is 30.4 Å². The van der Waals surface area contributed by atoms with Crippen LogP contribution >= 0.6 is 0 Å². The summed E-state index contributed by atoms with van der Waals surface area (Å²) in [6, 6.07) is 7.81. The summed E-state index contributed by atoms with van der Waals surface area (Å²) in [5, 5.41) is 14.5. The standard InChI is InChI=1S/C22H20FN5O2/c23-17-2-1-6-25-20(17)18-5-7-27-28(18)21(29)16-10-22(8-15(16)9-22)13-30-19-4-3-14(11-24)12-26-19/h1-4,6-7,12,15-16,18H,5,8-10,13H2/t15?,16-,18?,22?/m0/s1. The number of amides is 1. The highest BCUT2D eigenvalue weighted by Gasteiger charge is 2.59. The number of carbonyl (C=O) groups is 1. The molecule has 2 bridgehead atoms. The molecule has 152 valence electrons. The van der Waals surface area contributed by atoms with Crippen molar-refractivity contribution in [2.45, 2.75) is 31.7 Å². The number of fused-ring (bicyclic) bond motifs is 1. The van der Waals surface area contributed by atoms with Gasteiger partial charge in [0.15, 0.2) is 0 Å².